The van der Waals surface area contributed by atoms with Crippen LogP contribution in [-0.4, -0.2) is 36.4 Å². The van der Waals surface area contributed by atoms with Crippen LogP contribution in [0.25, 0.3) is 0 Å². The molecule has 1 unspecified atom stereocenters. The van der Waals surface area contributed by atoms with Gasteiger partial charge in [0.1, 0.15) is 6.61 Å². The van der Waals surface area contributed by atoms with Gasteiger partial charge in [-0.15, -0.1) is 0 Å². The first-order chi connectivity index (χ1) is 10.9. The summed E-state index contributed by atoms with van der Waals surface area (Å²) < 4.78 is 26.8. The highest BCUT2D eigenvalue weighted by molar-refractivity contribution is 7.78. The minimum atomic E-state index is -3.78. The van der Waals surface area contributed by atoms with Crippen LogP contribution < -0.4 is 5.32 Å². The molecule has 126 valence electrons. The molecule has 0 saturated heterocycles. The maximum atomic E-state index is 12.3. The van der Waals surface area contributed by atoms with Gasteiger partial charge in [-0.1, -0.05) is 12.2 Å². The van der Waals surface area contributed by atoms with Crippen LogP contribution in [-0.2, 0) is 29.8 Å². The Morgan fingerprint density at radius 1 is 1.39 bits per heavy atom. The molecule has 0 saturated carbocycles. The van der Waals surface area contributed by atoms with Gasteiger partial charge in [0.25, 0.3) is 5.69 Å². The summed E-state index contributed by atoms with van der Waals surface area (Å²) in [5, 5.41) is 13.0. The first-order valence-electron chi connectivity index (χ1n) is 6.18. The van der Waals surface area contributed by atoms with E-state index in [4.69, 9.17) is 13.8 Å². The largest absolute Gasteiger partial charge is 0.459 e. The number of nitro groups is 1. The SMILES string of the molecule is COP(=O)(OC)C(NC=S)C(=O)OCc1ccc([N+](=O)[O-])cc1. The van der Waals surface area contributed by atoms with Crippen molar-refractivity contribution in [1.82, 2.24) is 5.32 Å². The number of hydrogen-bond donors (Lipinski definition) is 1. The van der Waals surface area contributed by atoms with Gasteiger partial charge in [0.15, 0.2) is 0 Å². The van der Waals surface area contributed by atoms with Crippen LogP contribution >= 0.6 is 19.8 Å². The van der Waals surface area contributed by atoms with Crippen molar-refractivity contribution in [2.45, 2.75) is 12.4 Å². The van der Waals surface area contributed by atoms with Crippen LogP contribution in [0.5, 0.6) is 0 Å². The van der Waals surface area contributed by atoms with E-state index in [2.05, 4.69) is 17.5 Å². The van der Waals surface area contributed by atoms with Gasteiger partial charge in [-0.2, -0.15) is 0 Å². The van der Waals surface area contributed by atoms with Gasteiger partial charge in [0.05, 0.1) is 10.4 Å². The predicted octanol–water partition coefficient (Wildman–Crippen LogP) is 2.00. The van der Waals surface area contributed by atoms with Gasteiger partial charge in [0, 0.05) is 26.4 Å². The van der Waals surface area contributed by atoms with Gasteiger partial charge >= 0.3 is 13.6 Å². The average molecular weight is 362 g/mol. The zero-order valence-electron chi connectivity index (χ0n) is 12.3. The molecule has 0 radical (unpaired) electrons. The highest BCUT2D eigenvalue weighted by atomic mass is 32.1. The molecule has 0 heterocycles. The fourth-order valence-corrected chi connectivity index (χ4v) is 2.98. The fraction of sp³-hybridized carbons (Fsp3) is 0.333. The van der Waals surface area contributed by atoms with E-state index in [1.165, 1.54) is 24.3 Å². The van der Waals surface area contributed by atoms with Crippen molar-refractivity contribution in [2.75, 3.05) is 14.2 Å². The number of rotatable bonds is 9. The summed E-state index contributed by atoms with van der Waals surface area (Å²) in [6, 6.07) is 5.45. The molecule has 0 bridgehead atoms. The molecule has 0 aliphatic heterocycles. The lowest BCUT2D eigenvalue weighted by molar-refractivity contribution is -0.384. The normalized spacial score (nSPS) is 12.3. The Hall–Kier alpha value is -1.87. The third-order valence-electron chi connectivity index (χ3n) is 2.80. The van der Waals surface area contributed by atoms with Crippen molar-refractivity contribution in [3.63, 3.8) is 0 Å². The predicted molar refractivity (Wildman–Crippen MR) is 85.1 cm³/mol. The number of non-ortho nitro benzene ring substituents is 1. The topological polar surface area (TPSA) is 117 Å². The highest BCUT2D eigenvalue weighted by Crippen LogP contribution is 2.50. The lowest BCUT2D eigenvalue weighted by Gasteiger charge is -2.22. The van der Waals surface area contributed by atoms with Crippen molar-refractivity contribution in [3.05, 3.63) is 39.9 Å². The molecule has 1 N–H and O–H groups in total. The van der Waals surface area contributed by atoms with Gasteiger partial charge in [0.2, 0.25) is 5.78 Å². The fourth-order valence-electron chi connectivity index (χ4n) is 1.59. The number of carbonyl (C=O) groups is 1. The Kier molecular flexibility index (Phi) is 7.24. The number of nitrogens with one attached hydrogen (secondary N) is 1. The molecular formula is C12H15N2O7PS. The minimum absolute atomic E-state index is 0.0800. The van der Waals surface area contributed by atoms with E-state index >= 15 is 0 Å². The first-order valence-corrected chi connectivity index (χ1v) is 8.27. The number of benzene rings is 1. The molecule has 9 nitrogen and oxygen atoms in total. The van der Waals surface area contributed by atoms with E-state index in [1.54, 1.807) is 0 Å². The van der Waals surface area contributed by atoms with Gasteiger partial charge in [-0.05, 0) is 17.7 Å². The van der Waals surface area contributed by atoms with E-state index in [1.807, 2.05) is 0 Å². The van der Waals surface area contributed by atoms with Gasteiger partial charge in [-0.25, -0.2) is 4.79 Å². The summed E-state index contributed by atoms with van der Waals surface area (Å²) >= 11 is 4.59. The molecule has 1 atom stereocenters. The molecule has 0 fully saturated rings. The number of nitrogens with zero attached hydrogens (tertiary/aromatic N) is 1. The quantitative estimate of drug-likeness (QED) is 0.231. The first kappa shape index (κ1) is 19.2. The third kappa shape index (κ3) is 5.07. The van der Waals surface area contributed by atoms with Crippen LogP contribution in [0.15, 0.2) is 24.3 Å². The second-order valence-corrected chi connectivity index (χ2v) is 6.69. The number of ether oxygens (including phenoxy) is 1. The third-order valence-corrected chi connectivity index (χ3v) is 4.95. The average Bonchev–Trinajstić information content (AvgIpc) is 2.57. The lowest BCUT2D eigenvalue weighted by Crippen LogP contribution is -2.37. The molecule has 1 aromatic carbocycles. The zero-order valence-corrected chi connectivity index (χ0v) is 14.0. The molecule has 1 rings (SSSR count). The molecule has 1 aromatic rings. The Morgan fingerprint density at radius 3 is 2.39 bits per heavy atom. The summed E-state index contributed by atoms with van der Waals surface area (Å²) in [5.41, 5.74) is 1.45. The lowest BCUT2D eigenvalue weighted by atomic mass is 10.2. The number of thiocarbonyl (C=S) groups is 1. The monoisotopic (exact) mass is 362 g/mol. The number of esters is 1. The van der Waals surface area contributed by atoms with Crippen LogP contribution in [0.4, 0.5) is 5.69 Å². The van der Waals surface area contributed by atoms with Gasteiger partial charge in [-0.3, -0.25) is 14.7 Å². The van der Waals surface area contributed by atoms with Gasteiger partial charge < -0.3 is 19.1 Å². The van der Waals surface area contributed by atoms with E-state index in [9.17, 15) is 19.5 Å². The number of carbonyl (C=O) groups excluding carboxylic acids is 1. The molecule has 0 amide bonds. The Bertz CT molecular complexity index is 614. The molecular weight excluding hydrogens is 347 g/mol. The Labute approximate surface area is 137 Å². The smallest absolute Gasteiger partial charge is 0.363 e. The second-order valence-electron chi connectivity index (χ2n) is 4.12. The van der Waals surface area contributed by atoms with E-state index in [0.29, 0.717) is 5.56 Å². The summed E-state index contributed by atoms with van der Waals surface area (Å²) in [6.07, 6.45) is 0. The van der Waals surface area contributed by atoms with E-state index < -0.39 is 24.3 Å². The summed E-state index contributed by atoms with van der Waals surface area (Å²) in [5.74, 6) is -2.30. The molecule has 0 spiro atoms. The van der Waals surface area contributed by atoms with Crippen LogP contribution in [0.1, 0.15) is 5.56 Å². The van der Waals surface area contributed by atoms with Crippen LogP contribution in [0, 0.1) is 10.1 Å². The maximum absolute atomic E-state index is 12.3. The van der Waals surface area contributed by atoms with E-state index in [0.717, 1.165) is 19.7 Å². The molecule has 0 aliphatic rings. The number of nitro benzene ring substituents is 1. The van der Waals surface area contributed by atoms with Crippen molar-refractivity contribution >= 4 is 37.0 Å². The molecule has 23 heavy (non-hydrogen) atoms. The second kappa shape index (κ2) is 8.68. The summed E-state index contributed by atoms with van der Waals surface area (Å²) in [4.78, 5) is 22.1. The van der Waals surface area contributed by atoms with Crippen molar-refractivity contribution in [3.8, 4) is 0 Å². The van der Waals surface area contributed by atoms with Crippen molar-refractivity contribution in [2.24, 2.45) is 0 Å². The summed E-state index contributed by atoms with van der Waals surface area (Å²) in [7, 11) is -1.52. The standard InChI is InChI=1S/C12H15N2O7PS/c1-19-22(18,20-2)11(13-8-23)12(15)21-7-9-3-5-10(6-4-9)14(16)17/h3-6,8,11H,7H2,1-2H3,(H,13,23). The van der Waals surface area contributed by atoms with Crippen LogP contribution in [0.3, 0.4) is 0 Å². The van der Waals surface area contributed by atoms with Crippen molar-refractivity contribution in [1.29, 1.82) is 0 Å². The molecule has 0 aliphatic carbocycles. The molecule has 0 aromatic heterocycles. The van der Waals surface area contributed by atoms with Crippen molar-refractivity contribution < 1.29 is 28.1 Å². The Balaban J connectivity index is 2.77. The van der Waals surface area contributed by atoms with Crippen LogP contribution in [0.2, 0.25) is 0 Å². The zero-order chi connectivity index (χ0) is 17.5. The summed E-state index contributed by atoms with van der Waals surface area (Å²) in [6.45, 7) is -0.167. The molecule has 11 heteroatoms. The Morgan fingerprint density at radius 2 is 1.96 bits per heavy atom. The maximum Gasteiger partial charge on any atom is 0.363 e. The van der Waals surface area contributed by atoms with E-state index in [-0.39, 0.29) is 12.3 Å². The highest BCUT2D eigenvalue weighted by Gasteiger charge is 2.40. The number of hydrogen-bond acceptors (Lipinski definition) is 8. The minimum Gasteiger partial charge on any atom is -0.459 e.